The Kier molecular flexibility index (Phi) is 11.9. The number of carbonyl (C=O) groups excluding carboxylic acids is 1. The second kappa shape index (κ2) is 13.9. The van der Waals surface area contributed by atoms with Gasteiger partial charge in [0.2, 0.25) is 0 Å². The molecule has 0 atom stereocenters. The van der Waals surface area contributed by atoms with Gasteiger partial charge in [-0.3, -0.25) is 14.9 Å². The Balaban J connectivity index is 3.12. The normalized spacial score (nSPS) is 12.0. The molecule has 1 rings (SSSR count). The average molecular weight is 403 g/mol. The third-order valence-electron chi connectivity index (χ3n) is 4.88. The molecule has 0 radical (unpaired) electrons. The number of hydroxylamine groups is 1. The summed E-state index contributed by atoms with van der Waals surface area (Å²) < 4.78 is 2.05. The largest absolute Gasteiger partial charge is 0.303 e. The van der Waals surface area contributed by atoms with Crippen molar-refractivity contribution in [3.63, 3.8) is 0 Å². The molecule has 1 heterocycles. The lowest BCUT2D eigenvalue weighted by atomic mass is 10.1. The van der Waals surface area contributed by atoms with Crippen LogP contribution in [0.4, 0.5) is 0 Å². The highest BCUT2D eigenvalue weighted by molar-refractivity contribution is 5.86. The minimum absolute atomic E-state index is 0.564. The molecule has 29 heavy (non-hydrogen) atoms. The van der Waals surface area contributed by atoms with E-state index in [9.17, 15) is 4.79 Å². The quantitative estimate of drug-likeness (QED) is 0.156. The highest BCUT2D eigenvalue weighted by Gasteiger charge is 2.17. The molecule has 0 aliphatic heterocycles. The summed E-state index contributed by atoms with van der Waals surface area (Å²) in [7, 11) is 0. The number of amides is 1. The molecule has 1 aromatic rings. The summed E-state index contributed by atoms with van der Waals surface area (Å²) in [6.45, 7) is 15.8. The number of rotatable bonds is 14. The SMILES string of the molecule is C=Cn1c(/C=C/C=C/C(=O)NO)nc(CCCCC)c1CN(CC)CCC(C)C. The summed E-state index contributed by atoms with van der Waals surface area (Å²) in [5.74, 6) is 0.917. The Morgan fingerprint density at radius 3 is 2.66 bits per heavy atom. The minimum Gasteiger partial charge on any atom is -0.303 e. The van der Waals surface area contributed by atoms with Gasteiger partial charge in [0, 0.05) is 18.8 Å². The van der Waals surface area contributed by atoms with Crippen molar-refractivity contribution in [2.75, 3.05) is 13.1 Å². The number of nitrogens with zero attached hydrogens (tertiary/aromatic N) is 3. The van der Waals surface area contributed by atoms with Gasteiger partial charge in [-0.15, -0.1) is 0 Å². The zero-order chi connectivity index (χ0) is 21.6. The molecule has 0 fully saturated rings. The Morgan fingerprint density at radius 2 is 2.07 bits per heavy atom. The van der Waals surface area contributed by atoms with Gasteiger partial charge < -0.3 is 4.57 Å². The summed E-state index contributed by atoms with van der Waals surface area (Å²) in [6.07, 6.45) is 13.9. The van der Waals surface area contributed by atoms with Crippen LogP contribution in [-0.4, -0.2) is 38.7 Å². The number of nitrogens with one attached hydrogen (secondary N) is 1. The van der Waals surface area contributed by atoms with Crippen LogP contribution in [-0.2, 0) is 17.8 Å². The van der Waals surface area contributed by atoms with Gasteiger partial charge in [0.05, 0.1) is 11.4 Å². The van der Waals surface area contributed by atoms with E-state index in [-0.39, 0.29) is 0 Å². The molecule has 0 spiro atoms. The number of aryl methyl sites for hydroxylation is 1. The molecule has 0 aliphatic carbocycles. The van der Waals surface area contributed by atoms with E-state index in [1.165, 1.54) is 31.0 Å². The molecule has 6 heteroatoms. The Bertz CT molecular complexity index is 689. The number of allylic oxidation sites excluding steroid dienone is 2. The molecule has 0 unspecified atom stereocenters. The third-order valence-corrected chi connectivity index (χ3v) is 4.88. The zero-order valence-corrected chi connectivity index (χ0v) is 18.5. The van der Waals surface area contributed by atoms with Crippen molar-refractivity contribution in [1.29, 1.82) is 0 Å². The Labute approximate surface area is 176 Å². The summed E-state index contributed by atoms with van der Waals surface area (Å²) >= 11 is 0. The smallest absolute Gasteiger partial charge is 0.267 e. The van der Waals surface area contributed by atoms with Crippen molar-refractivity contribution in [2.45, 2.75) is 66.3 Å². The first-order valence-electron chi connectivity index (χ1n) is 10.7. The van der Waals surface area contributed by atoms with Gasteiger partial charge in [-0.05, 0) is 44.3 Å². The van der Waals surface area contributed by atoms with Gasteiger partial charge >= 0.3 is 0 Å². The summed E-state index contributed by atoms with van der Waals surface area (Å²) in [5.41, 5.74) is 3.89. The van der Waals surface area contributed by atoms with E-state index in [1.807, 2.05) is 12.3 Å². The van der Waals surface area contributed by atoms with Crippen molar-refractivity contribution >= 4 is 18.2 Å². The van der Waals surface area contributed by atoms with E-state index in [2.05, 4.69) is 43.7 Å². The summed E-state index contributed by atoms with van der Waals surface area (Å²) in [5, 5.41) is 8.55. The van der Waals surface area contributed by atoms with Crippen LogP contribution in [0.1, 0.15) is 70.6 Å². The van der Waals surface area contributed by atoms with Crippen LogP contribution in [0.15, 0.2) is 24.8 Å². The molecule has 162 valence electrons. The monoisotopic (exact) mass is 402 g/mol. The van der Waals surface area contributed by atoms with Crippen molar-refractivity contribution in [2.24, 2.45) is 5.92 Å². The van der Waals surface area contributed by atoms with Gasteiger partial charge in [-0.1, -0.05) is 59.3 Å². The molecule has 0 saturated carbocycles. The minimum atomic E-state index is -0.564. The van der Waals surface area contributed by atoms with Crippen LogP contribution in [0, 0.1) is 5.92 Å². The highest BCUT2D eigenvalue weighted by Crippen LogP contribution is 2.20. The Morgan fingerprint density at radius 1 is 1.31 bits per heavy atom. The van der Waals surface area contributed by atoms with Crippen molar-refractivity contribution in [1.82, 2.24) is 19.9 Å². The maximum atomic E-state index is 11.1. The van der Waals surface area contributed by atoms with Crippen LogP contribution in [0.5, 0.6) is 0 Å². The molecule has 0 bridgehead atoms. The third kappa shape index (κ3) is 8.79. The van der Waals surface area contributed by atoms with E-state index in [1.54, 1.807) is 17.6 Å². The van der Waals surface area contributed by atoms with Gasteiger partial charge in [-0.25, -0.2) is 10.5 Å². The van der Waals surface area contributed by atoms with Crippen LogP contribution in [0.2, 0.25) is 0 Å². The lowest BCUT2D eigenvalue weighted by molar-refractivity contribution is -0.124. The van der Waals surface area contributed by atoms with Gasteiger partial charge in [0.1, 0.15) is 5.82 Å². The first kappa shape index (κ1) is 24.9. The first-order valence-corrected chi connectivity index (χ1v) is 10.7. The van der Waals surface area contributed by atoms with Gasteiger partial charge in [0.15, 0.2) is 0 Å². The molecule has 0 aromatic carbocycles. The van der Waals surface area contributed by atoms with Crippen molar-refractivity contribution < 1.29 is 10.0 Å². The lowest BCUT2D eigenvalue weighted by Gasteiger charge is -2.22. The molecule has 0 aliphatic rings. The summed E-state index contributed by atoms with van der Waals surface area (Å²) in [4.78, 5) is 18.4. The van der Waals surface area contributed by atoms with Crippen LogP contribution in [0.3, 0.4) is 0 Å². The number of hydrogen-bond donors (Lipinski definition) is 2. The highest BCUT2D eigenvalue weighted by atomic mass is 16.5. The molecule has 6 nitrogen and oxygen atoms in total. The maximum absolute atomic E-state index is 11.1. The van der Waals surface area contributed by atoms with E-state index in [0.29, 0.717) is 5.92 Å². The fourth-order valence-corrected chi connectivity index (χ4v) is 3.09. The van der Waals surface area contributed by atoms with Gasteiger partial charge in [0.25, 0.3) is 5.91 Å². The number of aromatic nitrogens is 2. The van der Waals surface area contributed by atoms with Crippen molar-refractivity contribution in [3.8, 4) is 0 Å². The van der Waals surface area contributed by atoms with Crippen LogP contribution < -0.4 is 5.48 Å². The van der Waals surface area contributed by atoms with Crippen LogP contribution >= 0.6 is 0 Å². The molecule has 1 amide bonds. The standard InChI is InChI=1S/C23H38N4O2/c1-6-9-10-13-20-21(18-26(7-2)17-16-19(4)5)27(8-3)22(24-20)14-11-12-15-23(28)25-29/h8,11-12,14-15,19,29H,3,6-7,9-10,13,16-18H2,1-2,4-5H3,(H,25,28)/b14-11+,15-12+. The maximum Gasteiger partial charge on any atom is 0.267 e. The predicted molar refractivity (Wildman–Crippen MR) is 120 cm³/mol. The number of hydrogen-bond acceptors (Lipinski definition) is 4. The van der Waals surface area contributed by atoms with E-state index in [0.717, 1.165) is 44.0 Å². The number of imidazole rings is 1. The molecular formula is C23H38N4O2. The number of carbonyl (C=O) groups is 1. The lowest BCUT2D eigenvalue weighted by Crippen LogP contribution is -2.26. The second-order valence-corrected chi connectivity index (χ2v) is 7.62. The Hall–Kier alpha value is -2.18. The first-order chi connectivity index (χ1) is 14.0. The fourth-order valence-electron chi connectivity index (χ4n) is 3.09. The topological polar surface area (TPSA) is 70.4 Å². The summed E-state index contributed by atoms with van der Waals surface area (Å²) in [6, 6.07) is 0. The van der Waals surface area contributed by atoms with Gasteiger partial charge in [-0.2, -0.15) is 0 Å². The second-order valence-electron chi connectivity index (χ2n) is 7.62. The van der Waals surface area contributed by atoms with E-state index < -0.39 is 5.91 Å². The molecule has 1 aromatic heterocycles. The van der Waals surface area contributed by atoms with Crippen LogP contribution in [0.25, 0.3) is 12.3 Å². The molecule has 2 N–H and O–H groups in total. The average Bonchev–Trinajstić information content (AvgIpc) is 3.04. The zero-order valence-electron chi connectivity index (χ0n) is 18.5. The van der Waals surface area contributed by atoms with E-state index in [4.69, 9.17) is 10.2 Å². The predicted octanol–water partition coefficient (Wildman–Crippen LogP) is 4.66. The molecular weight excluding hydrogens is 364 g/mol. The van der Waals surface area contributed by atoms with E-state index >= 15 is 0 Å². The fraction of sp³-hybridized carbons (Fsp3) is 0.565. The molecule has 0 saturated heterocycles. The number of unbranched alkanes of at least 4 members (excludes halogenated alkanes) is 2. The van der Waals surface area contributed by atoms with Crippen molar-refractivity contribution in [3.05, 3.63) is 42.0 Å².